The number of benzene rings is 1. The number of alkyl halides is 3. The maximum Gasteiger partial charge on any atom is 0.418 e. The molecule has 0 atom stereocenters. The molecule has 0 heterocycles. The minimum atomic E-state index is -4.43. The third-order valence-electron chi connectivity index (χ3n) is 3.65. The molecule has 0 bridgehead atoms. The van der Waals surface area contributed by atoms with Gasteiger partial charge in [0.2, 0.25) is 0 Å². The molecule has 1 fully saturated rings. The Kier molecular flexibility index (Phi) is 5.39. The van der Waals surface area contributed by atoms with Crippen molar-refractivity contribution in [1.82, 2.24) is 5.43 Å². The van der Waals surface area contributed by atoms with Gasteiger partial charge in [0.05, 0.1) is 11.3 Å². The lowest BCUT2D eigenvalue weighted by Gasteiger charge is -2.19. The molecule has 1 saturated carbocycles. The number of thiocarbonyl (C=S) groups is 1. The molecule has 0 aliphatic heterocycles. The van der Waals surface area contributed by atoms with Crippen molar-refractivity contribution in [2.24, 2.45) is 11.0 Å². The Balaban J connectivity index is 1.97. The summed E-state index contributed by atoms with van der Waals surface area (Å²) in [5.41, 5.74) is 2.81. The molecule has 0 unspecified atom stereocenters. The first-order chi connectivity index (χ1) is 10.4. The van der Waals surface area contributed by atoms with Crippen LogP contribution in [0, 0.1) is 5.92 Å². The number of hydrazone groups is 1. The van der Waals surface area contributed by atoms with Gasteiger partial charge in [-0.05, 0) is 56.0 Å². The quantitative estimate of drug-likeness (QED) is 0.617. The number of rotatable bonds is 2. The van der Waals surface area contributed by atoms with E-state index in [4.69, 9.17) is 12.2 Å². The van der Waals surface area contributed by atoms with E-state index in [1.54, 1.807) is 0 Å². The van der Waals surface area contributed by atoms with E-state index in [1.807, 2.05) is 0 Å². The van der Waals surface area contributed by atoms with E-state index < -0.39 is 11.7 Å². The van der Waals surface area contributed by atoms with Crippen LogP contribution in [0.3, 0.4) is 0 Å². The molecule has 3 nitrogen and oxygen atoms in total. The summed E-state index contributed by atoms with van der Waals surface area (Å²) in [5, 5.41) is 6.80. The number of nitrogens with one attached hydrogen (secondary N) is 2. The Morgan fingerprint density at radius 1 is 1.23 bits per heavy atom. The molecule has 0 spiro atoms. The van der Waals surface area contributed by atoms with Crippen LogP contribution in [0.25, 0.3) is 0 Å². The second kappa shape index (κ2) is 7.09. The highest BCUT2D eigenvalue weighted by Gasteiger charge is 2.33. The zero-order chi connectivity index (χ0) is 16.2. The van der Waals surface area contributed by atoms with Crippen molar-refractivity contribution in [3.05, 3.63) is 29.8 Å². The van der Waals surface area contributed by atoms with Crippen LogP contribution >= 0.6 is 12.2 Å². The molecule has 0 aromatic heterocycles. The highest BCUT2D eigenvalue weighted by Crippen LogP contribution is 2.34. The molecule has 0 saturated heterocycles. The van der Waals surface area contributed by atoms with Crippen molar-refractivity contribution in [2.75, 3.05) is 5.32 Å². The van der Waals surface area contributed by atoms with Gasteiger partial charge in [-0.25, -0.2) is 0 Å². The fraction of sp³-hybridized carbons (Fsp3) is 0.467. The molecule has 1 aliphatic carbocycles. The van der Waals surface area contributed by atoms with Gasteiger partial charge in [-0.1, -0.05) is 19.1 Å². The van der Waals surface area contributed by atoms with Gasteiger partial charge in [0, 0.05) is 5.71 Å². The Morgan fingerprint density at radius 2 is 1.86 bits per heavy atom. The third-order valence-corrected chi connectivity index (χ3v) is 3.84. The van der Waals surface area contributed by atoms with Crippen molar-refractivity contribution in [1.29, 1.82) is 0 Å². The zero-order valence-electron chi connectivity index (χ0n) is 12.2. The van der Waals surface area contributed by atoms with Crippen molar-refractivity contribution in [3.63, 3.8) is 0 Å². The molecule has 22 heavy (non-hydrogen) atoms. The molecule has 0 radical (unpaired) electrons. The lowest BCUT2D eigenvalue weighted by atomic mass is 9.90. The topological polar surface area (TPSA) is 36.4 Å². The summed E-state index contributed by atoms with van der Waals surface area (Å²) in [6, 6.07) is 5.22. The predicted octanol–water partition coefficient (Wildman–Crippen LogP) is 4.56. The summed E-state index contributed by atoms with van der Waals surface area (Å²) < 4.78 is 38.6. The SMILES string of the molecule is CC1CCC(=NNC(=S)Nc2ccccc2C(F)(F)F)CC1. The molecular weight excluding hydrogens is 311 g/mol. The predicted molar refractivity (Wildman–Crippen MR) is 85.9 cm³/mol. The van der Waals surface area contributed by atoms with Gasteiger partial charge >= 0.3 is 6.18 Å². The molecular formula is C15H18F3N3S. The standard InChI is InChI=1S/C15H18F3N3S/c1-10-6-8-11(9-7-10)20-21-14(22)19-13-5-3-2-4-12(13)15(16,17)18/h2-5,10H,6-9H2,1H3,(H2,19,21,22). The van der Waals surface area contributed by atoms with Crippen LogP contribution in [0.15, 0.2) is 29.4 Å². The minimum absolute atomic E-state index is 0.0582. The molecule has 1 aliphatic rings. The molecule has 2 rings (SSSR count). The van der Waals surface area contributed by atoms with Crippen molar-refractivity contribution in [2.45, 2.75) is 38.8 Å². The number of hydrogen-bond donors (Lipinski definition) is 2. The van der Waals surface area contributed by atoms with E-state index in [0.29, 0.717) is 5.92 Å². The first kappa shape index (κ1) is 16.7. The average molecular weight is 329 g/mol. The van der Waals surface area contributed by atoms with E-state index >= 15 is 0 Å². The Bertz CT molecular complexity index is 559. The highest BCUT2D eigenvalue weighted by atomic mass is 32.1. The van der Waals surface area contributed by atoms with Crippen molar-refractivity contribution in [3.8, 4) is 0 Å². The van der Waals surface area contributed by atoms with Gasteiger partial charge in [0.1, 0.15) is 0 Å². The van der Waals surface area contributed by atoms with E-state index in [0.717, 1.165) is 37.5 Å². The molecule has 1 aromatic rings. The monoisotopic (exact) mass is 329 g/mol. The Hall–Kier alpha value is -1.63. The Morgan fingerprint density at radius 3 is 2.50 bits per heavy atom. The van der Waals surface area contributed by atoms with Gasteiger partial charge in [-0.3, -0.25) is 5.43 Å². The summed E-state index contributed by atoms with van der Waals surface area (Å²) in [7, 11) is 0. The van der Waals surface area contributed by atoms with Crippen LogP contribution in [0.4, 0.5) is 18.9 Å². The summed E-state index contributed by atoms with van der Waals surface area (Å²) in [6.07, 6.45) is -0.467. The first-order valence-electron chi connectivity index (χ1n) is 7.15. The van der Waals surface area contributed by atoms with Crippen LogP contribution in [-0.4, -0.2) is 10.8 Å². The van der Waals surface area contributed by atoms with Gasteiger partial charge in [0.25, 0.3) is 0 Å². The lowest BCUT2D eigenvalue weighted by molar-refractivity contribution is -0.136. The van der Waals surface area contributed by atoms with Crippen LogP contribution in [-0.2, 0) is 6.18 Å². The van der Waals surface area contributed by atoms with Gasteiger partial charge in [-0.15, -0.1) is 0 Å². The number of para-hydroxylation sites is 1. The average Bonchev–Trinajstić information content (AvgIpc) is 2.46. The number of nitrogens with zero attached hydrogens (tertiary/aromatic N) is 1. The van der Waals surface area contributed by atoms with Crippen LogP contribution in [0.1, 0.15) is 38.2 Å². The summed E-state index contributed by atoms with van der Waals surface area (Å²) in [6.45, 7) is 2.20. The molecule has 7 heteroatoms. The maximum atomic E-state index is 12.9. The zero-order valence-corrected chi connectivity index (χ0v) is 13.0. The van der Waals surface area contributed by atoms with Crippen LogP contribution < -0.4 is 10.7 Å². The van der Waals surface area contributed by atoms with Crippen molar-refractivity contribution >= 4 is 28.7 Å². The first-order valence-corrected chi connectivity index (χ1v) is 7.55. The van der Waals surface area contributed by atoms with E-state index in [2.05, 4.69) is 22.8 Å². The van der Waals surface area contributed by atoms with E-state index in [-0.39, 0.29) is 10.8 Å². The lowest BCUT2D eigenvalue weighted by Crippen LogP contribution is -2.27. The highest BCUT2D eigenvalue weighted by molar-refractivity contribution is 7.80. The molecule has 2 N–H and O–H groups in total. The normalized spacial score (nSPS) is 18.7. The van der Waals surface area contributed by atoms with E-state index in [1.165, 1.54) is 18.2 Å². The number of halogens is 3. The van der Waals surface area contributed by atoms with Crippen molar-refractivity contribution < 1.29 is 13.2 Å². The fourth-order valence-electron chi connectivity index (χ4n) is 2.33. The second-order valence-electron chi connectivity index (χ2n) is 5.47. The summed E-state index contributed by atoms with van der Waals surface area (Å²) in [5.74, 6) is 0.697. The second-order valence-corrected chi connectivity index (χ2v) is 5.88. The smallest absolute Gasteiger partial charge is 0.331 e. The number of anilines is 1. The summed E-state index contributed by atoms with van der Waals surface area (Å²) in [4.78, 5) is 0. The summed E-state index contributed by atoms with van der Waals surface area (Å²) >= 11 is 5.01. The third kappa shape index (κ3) is 4.69. The largest absolute Gasteiger partial charge is 0.418 e. The molecule has 1 aromatic carbocycles. The maximum absolute atomic E-state index is 12.9. The minimum Gasteiger partial charge on any atom is -0.331 e. The van der Waals surface area contributed by atoms with Crippen LogP contribution in [0.2, 0.25) is 0 Å². The fourth-order valence-corrected chi connectivity index (χ4v) is 2.48. The Labute approximate surface area is 133 Å². The van der Waals surface area contributed by atoms with Gasteiger partial charge in [0.15, 0.2) is 5.11 Å². The molecule has 120 valence electrons. The van der Waals surface area contributed by atoms with Crippen LogP contribution in [0.5, 0.6) is 0 Å². The molecule has 0 amide bonds. The van der Waals surface area contributed by atoms with Gasteiger partial charge in [-0.2, -0.15) is 18.3 Å². The van der Waals surface area contributed by atoms with E-state index in [9.17, 15) is 13.2 Å². The van der Waals surface area contributed by atoms with Gasteiger partial charge < -0.3 is 5.32 Å². The number of hydrogen-bond acceptors (Lipinski definition) is 2.